The number of aryl methyl sites for hydroxylation is 2. The molecule has 0 aliphatic heterocycles. The van der Waals surface area contributed by atoms with Crippen molar-refractivity contribution in [3.8, 4) is 0 Å². The quantitative estimate of drug-likeness (QED) is 0.263. The first kappa shape index (κ1) is 39.2. The van der Waals surface area contributed by atoms with Crippen LogP contribution in [0.1, 0.15) is 96.6 Å². The molecule has 2 aromatic rings. The van der Waals surface area contributed by atoms with Gasteiger partial charge in [-0.2, -0.15) is 0 Å². The fraction of sp³-hybridized carbons (Fsp3) is 0.500. The number of aliphatic hydroxyl groups excluding tert-OH is 2. The average molecular weight is 605 g/mol. The van der Waals surface area contributed by atoms with Crippen LogP contribution >= 0.6 is 0 Å². The highest BCUT2D eigenvalue weighted by Crippen LogP contribution is 2.19. The number of carbonyl (C=O) groups is 4. The Morgan fingerprint density at radius 3 is 1.42 bits per heavy atom. The van der Waals surface area contributed by atoms with E-state index in [-0.39, 0.29) is 35.9 Å². The molecule has 0 spiro atoms. The molecule has 0 radical (unpaired) electrons. The van der Waals surface area contributed by atoms with Crippen LogP contribution in [0.4, 0.5) is 0 Å². The number of carbonyl (C=O) groups excluding carboxylic acids is 3. The third kappa shape index (κ3) is 12.9. The zero-order valence-electron chi connectivity index (χ0n) is 26.8. The number of nitrogens with two attached hydrogens (primary N) is 1. The van der Waals surface area contributed by atoms with Gasteiger partial charge in [0.1, 0.15) is 6.10 Å². The first-order valence-electron chi connectivity index (χ1n) is 13.9. The number of carboxylic acid groups (broad SMARTS) is 1. The van der Waals surface area contributed by atoms with E-state index in [0.717, 1.165) is 22.3 Å². The molecule has 11 heteroatoms. The summed E-state index contributed by atoms with van der Waals surface area (Å²) in [5.41, 5.74) is 10.4. The number of aliphatic carboxylic acids is 1. The van der Waals surface area contributed by atoms with Crippen LogP contribution < -0.4 is 11.1 Å². The normalized spacial score (nSPS) is 13.3. The van der Waals surface area contributed by atoms with Crippen LogP contribution in [0.25, 0.3) is 0 Å². The highest BCUT2D eigenvalue weighted by atomic mass is 16.5. The van der Waals surface area contributed by atoms with E-state index >= 15 is 0 Å². The predicted octanol–water partition coefficient (Wildman–Crippen LogP) is 3.86. The largest absolute Gasteiger partial charge is 0.479 e. The Morgan fingerprint density at radius 1 is 0.721 bits per heavy atom. The highest BCUT2D eigenvalue weighted by Gasteiger charge is 2.21. The molecular weight excluding hydrogens is 556 g/mol. The monoisotopic (exact) mass is 604 g/mol. The molecule has 0 aliphatic carbocycles. The summed E-state index contributed by atoms with van der Waals surface area (Å²) in [4.78, 5) is 44.5. The number of hydrogen-bond acceptors (Lipinski definition) is 9. The van der Waals surface area contributed by atoms with Crippen molar-refractivity contribution in [1.29, 1.82) is 0 Å². The van der Waals surface area contributed by atoms with Crippen molar-refractivity contribution < 1.29 is 44.0 Å². The molecule has 0 aliphatic rings. The Hall–Kier alpha value is -3.80. The van der Waals surface area contributed by atoms with Gasteiger partial charge in [-0.25, -0.2) is 14.4 Å². The summed E-state index contributed by atoms with van der Waals surface area (Å²) in [6.07, 6.45) is -2.24. The van der Waals surface area contributed by atoms with Crippen LogP contribution in [0.2, 0.25) is 0 Å². The summed E-state index contributed by atoms with van der Waals surface area (Å²) in [7, 11) is 2.72. The lowest BCUT2D eigenvalue weighted by Gasteiger charge is -2.20. The minimum atomic E-state index is -1.21. The number of aliphatic hydroxyl groups is 2. The Bertz CT molecular complexity index is 1230. The number of ether oxygens (including phenoxy) is 2. The van der Waals surface area contributed by atoms with Crippen LogP contribution in [0, 0.1) is 25.7 Å². The predicted molar refractivity (Wildman–Crippen MR) is 164 cm³/mol. The smallest absolute Gasteiger partial charge is 0.338 e. The Labute approximate surface area is 254 Å². The molecule has 43 heavy (non-hydrogen) atoms. The first-order chi connectivity index (χ1) is 19.9. The van der Waals surface area contributed by atoms with Gasteiger partial charge < -0.3 is 35.8 Å². The second kappa shape index (κ2) is 18.7. The lowest BCUT2D eigenvalue weighted by molar-refractivity contribution is -0.148. The summed E-state index contributed by atoms with van der Waals surface area (Å²) in [5, 5.41) is 29.2. The average Bonchev–Trinajstić information content (AvgIpc) is 2.95. The minimum absolute atomic E-state index is 0.0135. The molecule has 0 aromatic heterocycles. The van der Waals surface area contributed by atoms with Crippen LogP contribution in [-0.2, 0) is 19.1 Å². The molecule has 6 N–H and O–H groups in total. The van der Waals surface area contributed by atoms with Gasteiger partial charge in [0.2, 0.25) is 5.91 Å². The maximum Gasteiger partial charge on any atom is 0.338 e. The molecule has 1 amide bonds. The molecule has 4 atom stereocenters. The van der Waals surface area contributed by atoms with Crippen LogP contribution in [-0.4, -0.2) is 65.6 Å². The van der Waals surface area contributed by atoms with E-state index < -0.39 is 24.1 Å². The number of esters is 2. The van der Waals surface area contributed by atoms with Gasteiger partial charge in [-0.05, 0) is 73.9 Å². The van der Waals surface area contributed by atoms with E-state index in [1.807, 2.05) is 45.9 Å². The van der Waals surface area contributed by atoms with Gasteiger partial charge in [0.15, 0.2) is 6.10 Å². The van der Waals surface area contributed by atoms with E-state index in [9.17, 15) is 24.3 Å². The Morgan fingerprint density at radius 2 is 1.12 bits per heavy atom. The number of amides is 1. The number of benzene rings is 2. The molecule has 0 saturated heterocycles. The van der Waals surface area contributed by atoms with Gasteiger partial charge >= 0.3 is 17.9 Å². The highest BCUT2D eigenvalue weighted by molar-refractivity contribution is 5.91. The summed E-state index contributed by atoms with van der Waals surface area (Å²) in [6.45, 7) is 14.3. The number of rotatable bonds is 9. The van der Waals surface area contributed by atoms with Gasteiger partial charge in [0.05, 0.1) is 31.4 Å². The standard InChI is InChI=1S/C16H23NO4.C11H15NO2.C5H10O3/c1-9(2)14(18)15(19)17-11(4)12-6-7-13(10(3)8-12)16(20)21-5;1-7-6-9(8(2)12)4-5-10(7)11(13)14-3;1-3(2)4(6)5(7)8/h6-9,11,14,18H,1-5H3,(H,17,19);4-6,8H,12H2,1-3H3;3-4,6H,1-2H3,(H,7,8)/t11-,14+;8-;4-/m001/s1. The zero-order valence-corrected chi connectivity index (χ0v) is 26.8. The lowest BCUT2D eigenvalue weighted by atomic mass is 10.0. The molecule has 0 fully saturated rings. The molecule has 0 heterocycles. The fourth-order valence-corrected chi connectivity index (χ4v) is 3.57. The number of nitrogens with one attached hydrogen (secondary N) is 1. The van der Waals surface area contributed by atoms with Gasteiger partial charge in [-0.15, -0.1) is 0 Å². The van der Waals surface area contributed by atoms with E-state index in [1.54, 1.807) is 45.9 Å². The second-order valence-corrected chi connectivity index (χ2v) is 10.9. The van der Waals surface area contributed by atoms with Gasteiger partial charge in [0.25, 0.3) is 0 Å². The van der Waals surface area contributed by atoms with Crippen LogP contribution in [0.15, 0.2) is 36.4 Å². The van der Waals surface area contributed by atoms with E-state index in [1.165, 1.54) is 14.2 Å². The number of carboxylic acids is 1. The summed E-state index contributed by atoms with van der Waals surface area (Å²) in [5.74, 6) is -2.58. The molecule has 11 nitrogen and oxygen atoms in total. The lowest BCUT2D eigenvalue weighted by Crippen LogP contribution is -2.39. The Balaban J connectivity index is 0.000000688. The number of methoxy groups -OCH3 is 2. The van der Waals surface area contributed by atoms with Gasteiger partial charge in [-0.3, -0.25) is 4.79 Å². The van der Waals surface area contributed by atoms with Crippen molar-refractivity contribution in [3.63, 3.8) is 0 Å². The fourth-order valence-electron chi connectivity index (χ4n) is 3.57. The molecule has 0 unspecified atom stereocenters. The molecule has 2 rings (SSSR count). The van der Waals surface area contributed by atoms with Crippen molar-refractivity contribution in [2.75, 3.05) is 14.2 Å². The first-order valence-corrected chi connectivity index (χ1v) is 13.9. The maximum atomic E-state index is 11.8. The summed E-state index contributed by atoms with van der Waals surface area (Å²) < 4.78 is 9.35. The summed E-state index contributed by atoms with van der Waals surface area (Å²) >= 11 is 0. The SMILES string of the molecule is CC(C)[C@@H](O)C(=O)O.COC(=O)c1ccc([C@H](C)N)cc1C.COC(=O)c1ccc([C@H](C)NC(=O)[C@H](O)C(C)C)cc1C. The van der Waals surface area contributed by atoms with Gasteiger partial charge in [-0.1, -0.05) is 52.0 Å². The molecule has 2 aromatic carbocycles. The van der Waals surface area contributed by atoms with Crippen molar-refractivity contribution >= 4 is 23.8 Å². The zero-order chi connectivity index (χ0) is 33.6. The van der Waals surface area contributed by atoms with Crippen molar-refractivity contribution in [3.05, 3.63) is 69.8 Å². The minimum Gasteiger partial charge on any atom is -0.479 e. The van der Waals surface area contributed by atoms with Gasteiger partial charge in [0, 0.05) is 6.04 Å². The summed E-state index contributed by atoms with van der Waals surface area (Å²) in [6, 6.07) is 10.5. The molecule has 0 bridgehead atoms. The van der Waals surface area contributed by atoms with Crippen LogP contribution in [0.3, 0.4) is 0 Å². The third-order valence-electron chi connectivity index (χ3n) is 6.48. The van der Waals surface area contributed by atoms with Crippen molar-refractivity contribution in [2.24, 2.45) is 17.6 Å². The molecule has 240 valence electrons. The number of hydrogen-bond donors (Lipinski definition) is 5. The Kier molecular flexibility index (Phi) is 17.0. The molecule has 0 saturated carbocycles. The van der Waals surface area contributed by atoms with E-state index in [0.29, 0.717) is 11.1 Å². The maximum absolute atomic E-state index is 11.8. The van der Waals surface area contributed by atoms with Crippen LogP contribution in [0.5, 0.6) is 0 Å². The second-order valence-electron chi connectivity index (χ2n) is 10.9. The molecular formula is C32H48N2O9. The van der Waals surface area contributed by atoms with E-state index in [2.05, 4.69) is 10.1 Å². The van der Waals surface area contributed by atoms with Crippen molar-refractivity contribution in [2.45, 2.75) is 79.7 Å². The van der Waals surface area contributed by atoms with Crippen molar-refractivity contribution in [1.82, 2.24) is 5.32 Å². The topological polar surface area (TPSA) is 185 Å². The third-order valence-corrected chi connectivity index (χ3v) is 6.48. The van der Waals surface area contributed by atoms with E-state index in [4.69, 9.17) is 20.7 Å².